The van der Waals surface area contributed by atoms with E-state index in [-0.39, 0.29) is 18.5 Å². The van der Waals surface area contributed by atoms with Gasteiger partial charge in [-0.3, -0.25) is 4.79 Å². The summed E-state index contributed by atoms with van der Waals surface area (Å²) in [5, 5.41) is 14.2. The van der Waals surface area contributed by atoms with Crippen molar-refractivity contribution in [2.45, 2.75) is 13.3 Å². The summed E-state index contributed by atoms with van der Waals surface area (Å²) in [5.74, 6) is -1.20. The molecule has 2 atom stereocenters. The number of furan rings is 1. The van der Waals surface area contributed by atoms with E-state index < -0.39 is 11.9 Å². The van der Waals surface area contributed by atoms with Gasteiger partial charge in [-0.05, 0) is 30.5 Å². The summed E-state index contributed by atoms with van der Waals surface area (Å²) in [7, 11) is 0. The highest BCUT2D eigenvalue weighted by molar-refractivity contribution is 6.06. The van der Waals surface area contributed by atoms with Crippen LogP contribution in [0.25, 0.3) is 21.9 Å². The zero-order valence-electron chi connectivity index (χ0n) is 14.4. The molecule has 6 heteroatoms. The van der Waals surface area contributed by atoms with E-state index in [9.17, 15) is 14.7 Å². The van der Waals surface area contributed by atoms with E-state index in [0.29, 0.717) is 24.2 Å². The summed E-state index contributed by atoms with van der Waals surface area (Å²) in [6.07, 6.45) is 0.601. The van der Waals surface area contributed by atoms with Crippen molar-refractivity contribution in [1.82, 2.24) is 4.90 Å². The lowest BCUT2D eigenvalue weighted by atomic mass is 9.91. The summed E-state index contributed by atoms with van der Waals surface area (Å²) < 4.78 is 5.84. The Hall–Kier alpha value is -3.02. The van der Waals surface area contributed by atoms with Crippen LogP contribution in [0.5, 0.6) is 0 Å². The minimum absolute atomic E-state index is 0.161. The van der Waals surface area contributed by atoms with Crippen molar-refractivity contribution in [2.75, 3.05) is 18.4 Å². The Morgan fingerprint density at radius 2 is 1.88 bits per heavy atom. The number of carboxylic acid groups (broad SMARTS) is 1. The van der Waals surface area contributed by atoms with Crippen LogP contribution >= 0.6 is 0 Å². The number of urea groups is 1. The van der Waals surface area contributed by atoms with Crippen LogP contribution in [0, 0.1) is 11.8 Å². The van der Waals surface area contributed by atoms with E-state index in [0.717, 1.165) is 16.4 Å². The maximum Gasteiger partial charge on any atom is 0.321 e. The first-order valence-electron chi connectivity index (χ1n) is 8.71. The number of para-hydroxylation sites is 1. The first-order chi connectivity index (χ1) is 12.5. The molecule has 2 unspecified atom stereocenters. The molecule has 1 aromatic heterocycles. The van der Waals surface area contributed by atoms with Crippen molar-refractivity contribution in [3.63, 3.8) is 0 Å². The highest BCUT2D eigenvalue weighted by Gasteiger charge is 2.31. The van der Waals surface area contributed by atoms with Gasteiger partial charge in [-0.1, -0.05) is 25.1 Å². The molecular formula is C20H20N2O4. The second kappa shape index (κ2) is 6.37. The predicted octanol–water partition coefficient (Wildman–Crippen LogP) is 4.16. The molecule has 6 nitrogen and oxygen atoms in total. The van der Waals surface area contributed by atoms with E-state index >= 15 is 0 Å². The summed E-state index contributed by atoms with van der Waals surface area (Å²) in [4.78, 5) is 25.4. The van der Waals surface area contributed by atoms with E-state index in [1.165, 1.54) is 0 Å². The average molecular weight is 352 g/mol. The first kappa shape index (κ1) is 16.4. The molecular weight excluding hydrogens is 332 g/mol. The molecule has 2 amide bonds. The lowest BCUT2D eigenvalue weighted by Crippen LogP contribution is -2.47. The highest BCUT2D eigenvalue weighted by Crippen LogP contribution is 2.30. The Kier molecular flexibility index (Phi) is 4.03. The van der Waals surface area contributed by atoms with Gasteiger partial charge in [0.1, 0.15) is 11.2 Å². The fraction of sp³-hybridized carbons (Fsp3) is 0.300. The van der Waals surface area contributed by atoms with Crippen LogP contribution in [0.4, 0.5) is 10.5 Å². The van der Waals surface area contributed by atoms with Crippen molar-refractivity contribution in [1.29, 1.82) is 0 Å². The van der Waals surface area contributed by atoms with E-state index in [1.54, 1.807) is 11.0 Å². The molecule has 2 N–H and O–H groups in total. The molecule has 0 bridgehead atoms. The average Bonchev–Trinajstić information content (AvgIpc) is 2.98. The minimum atomic E-state index is -0.849. The molecule has 26 heavy (non-hydrogen) atoms. The molecule has 3 aromatic rings. The number of amides is 2. The van der Waals surface area contributed by atoms with Crippen LogP contribution in [-0.2, 0) is 4.79 Å². The van der Waals surface area contributed by atoms with E-state index in [1.807, 2.05) is 43.3 Å². The molecule has 0 saturated carbocycles. The molecule has 1 aliphatic heterocycles. The monoisotopic (exact) mass is 352 g/mol. The van der Waals surface area contributed by atoms with E-state index in [4.69, 9.17) is 4.42 Å². The molecule has 1 aliphatic rings. The maximum absolute atomic E-state index is 12.6. The summed E-state index contributed by atoms with van der Waals surface area (Å²) in [6, 6.07) is 13.1. The number of hydrogen-bond acceptors (Lipinski definition) is 3. The normalized spacial score (nSPS) is 20.4. The van der Waals surface area contributed by atoms with Gasteiger partial charge in [-0.2, -0.15) is 0 Å². The number of anilines is 1. The highest BCUT2D eigenvalue weighted by atomic mass is 16.4. The quantitative estimate of drug-likeness (QED) is 0.725. The zero-order chi connectivity index (χ0) is 18.3. The van der Waals surface area contributed by atoms with Gasteiger partial charge in [0.05, 0.1) is 5.92 Å². The molecule has 0 radical (unpaired) electrons. The molecule has 134 valence electrons. The number of carbonyl (C=O) groups is 2. The van der Waals surface area contributed by atoms with Crippen molar-refractivity contribution >= 4 is 39.6 Å². The Balaban J connectivity index is 1.55. The van der Waals surface area contributed by atoms with Crippen molar-refractivity contribution in [3.8, 4) is 0 Å². The Bertz CT molecular complexity index is 994. The van der Waals surface area contributed by atoms with Crippen LogP contribution in [0.3, 0.4) is 0 Å². The number of nitrogens with zero attached hydrogens (tertiary/aromatic N) is 1. The molecule has 2 heterocycles. The van der Waals surface area contributed by atoms with Gasteiger partial charge in [0, 0.05) is 35.6 Å². The van der Waals surface area contributed by atoms with Crippen molar-refractivity contribution in [2.24, 2.45) is 11.8 Å². The van der Waals surface area contributed by atoms with Crippen molar-refractivity contribution in [3.05, 3.63) is 42.5 Å². The largest absolute Gasteiger partial charge is 0.481 e. The minimum Gasteiger partial charge on any atom is -0.481 e. The maximum atomic E-state index is 12.6. The number of carboxylic acids is 1. The fourth-order valence-corrected chi connectivity index (χ4v) is 3.70. The lowest BCUT2D eigenvalue weighted by molar-refractivity contribution is -0.143. The van der Waals surface area contributed by atoms with Crippen LogP contribution in [-0.4, -0.2) is 35.1 Å². The number of piperidine rings is 1. The fourth-order valence-electron chi connectivity index (χ4n) is 3.70. The first-order valence-corrected chi connectivity index (χ1v) is 8.71. The second-order valence-electron chi connectivity index (χ2n) is 7.02. The molecule has 1 fully saturated rings. The number of likely N-dealkylation sites (tertiary alicyclic amines) is 1. The predicted molar refractivity (Wildman–Crippen MR) is 99.2 cm³/mol. The van der Waals surface area contributed by atoms with Crippen LogP contribution in [0.1, 0.15) is 13.3 Å². The van der Waals surface area contributed by atoms with Crippen LogP contribution in [0.15, 0.2) is 46.9 Å². The van der Waals surface area contributed by atoms with Gasteiger partial charge < -0.3 is 19.7 Å². The smallest absolute Gasteiger partial charge is 0.321 e. The molecule has 1 saturated heterocycles. The third-order valence-electron chi connectivity index (χ3n) is 4.93. The molecule has 2 aromatic carbocycles. The van der Waals surface area contributed by atoms with Gasteiger partial charge in [-0.25, -0.2) is 4.79 Å². The SMILES string of the molecule is CC1CC(C(=O)O)CN(C(=O)Nc2ccc3c(c2)oc2ccccc23)C1. The standard InChI is InChI=1S/C20H20N2O4/c1-12-8-13(19(23)24)11-22(10-12)20(25)21-14-6-7-16-15-4-2-3-5-17(15)26-18(16)9-14/h2-7,9,12-13H,8,10-11H2,1H3,(H,21,25)(H,23,24). The van der Waals surface area contributed by atoms with Gasteiger partial charge >= 0.3 is 12.0 Å². The topological polar surface area (TPSA) is 82.8 Å². The summed E-state index contributed by atoms with van der Waals surface area (Å²) in [5.41, 5.74) is 2.14. The molecule has 0 spiro atoms. The number of aliphatic carboxylic acids is 1. The van der Waals surface area contributed by atoms with E-state index in [2.05, 4.69) is 5.32 Å². The Labute approximate surface area is 150 Å². The van der Waals surface area contributed by atoms with Gasteiger partial charge in [-0.15, -0.1) is 0 Å². The van der Waals surface area contributed by atoms with Gasteiger partial charge in [0.15, 0.2) is 0 Å². The third kappa shape index (κ3) is 2.98. The zero-order valence-corrected chi connectivity index (χ0v) is 14.4. The van der Waals surface area contributed by atoms with Crippen LogP contribution in [0.2, 0.25) is 0 Å². The molecule has 4 rings (SSSR count). The van der Waals surface area contributed by atoms with Crippen molar-refractivity contribution < 1.29 is 19.1 Å². The second-order valence-corrected chi connectivity index (χ2v) is 7.02. The number of nitrogens with one attached hydrogen (secondary N) is 1. The summed E-state index contributed by atoms with van der Waals surface area (Å²) in [6.45, 7) is 2.76. The number of hydrogen-bond donors (Lipinski definition) is 2. The number of fused-ring (bicyclic) bond motifs is 3. The number of carbonyl (C=O) groups excluding carboxylic acids is 1. The lowest BCUT2D eigenvalue weighted by Gasteiger charge is -2.34. The number of rotatable bonds is 2. The third-order valence-corrected chi connectivity index (χ3v) is 4.93. The van der Waals surface area contributed by atoms with Gasteiger partial charge in [0.2, 0.25) is 0 Å². The number of benzene rings is 2. The Morgan fingerprint density at radius 3 is 2.69 bits per heavy atom. The summed E-state index contributed by atoms with van der Waals surface area (Å²) >= 11 is 0. The molecule has 0 aliphatic carbocycles. The van der Waals surface area contributed by atoms with Gasteiger partial charge in [0.25, 0.3) is 0 Å². The van der Waals surface area contributed by atoms with Crippen LogP contribution < -0.4 is 5.32 Å². The Morgan fingerprint density at radius 1 is 1.12 bits per heavy atom.